The molecule has 204 valence electrons. The van der Waals surface area contributed by atoms with Crippen LogP contribution in [0.1, 0.15) is 42.1 Å². The van der Waals surface area contributed by atoms with Crippen LogP contribution in [0.5, 0.6) is 5.75 Å². The zero-order valence-electron chi connectivity index (χ0n) is 20.7. The predicted octanol–water partition coefficient (Wildman–Crippen LogP) is 1.14. The number of carbonyl (C=O) groups excluding carboxylic acids is 1. The second-order valence-corrected chi connectivity index (χ2v) is 10.9. The average Bonchev–Trinajstić information content (AvgIpc) is 2.88. The number of sulfonamides is 1. The number of carbonyl (C=O) groups is 1. The Kier molecular flexibility index (Phi) is 9.70. The Balaban J connectivity index is 1.58. The fraction of sp³-hybridized carbons (Fsp3) is 0.522. The lowest BCUT2D eigenvalue weighted by Crippen LogP contribution is -2.43. The van der Waals surface area contributed by atoms with E-state index < -0.39 is 33.0 Å². The number of piperidine rings is 1. The first-order valence-corrected chi connectivity index (χ1v) is 13.5. The summed E-state index contributed by atoms with van der Waals surface area (Å²) < 4.78 is 59.7. The maximum absolute atomic E-state index is 14.3. The van der Waals surface area contributed by atoms with Gasteiger partial charge in [0.05, 0.1) is 25.0 Å². The molecule has 1 fully saturated rings. The molecular formula is C23H32F2N6O5S. The Morgan fingerprint density at radius 3 is 2.65 bits per heavy atom. The van der Waals surface area contributed by atoms with Gasteiger partial charge in [-0.15, -0.1) is 0 Å². The highest BCUT2D eigenvalue weighted by molar-refractivity contribution is 7.89. The summed E-state index contributed by atoms with van der Waals surface area (Å²) in [6.07, 6.45) is 2.58. The summed E-state index contributed by atoms with van der Waals surface area (Å²) >= 11 is 0. The van der Waals surface area contributed by atoms with Crippen molar-refractivity contribution in [2.75, 3.05) is 50.2 Å². The molecule has 0 aliphatic carbocycles. The van der Waals surface area contributed by atoms with E-state index in [1.807, 2.05) is 6.92 Å². The highest BCUT2D eigenvalue weighted by atomic mass is 32.2. The van der Waals surface area contributed by atoms with Crippen LogP contribution in [0.3, 0.4) is 0 Å². The van der Waals surface area contributed by atoms with Crippen LogP contribution < -0.4 is 21.1 Å². The number of hydrogen-bond donors (Lipinski definition) is 4. The number of benzene rings is 1. The van der Waals surface area contributed by atoms with Crippen molar-refractivity contribution in [1.29, 1.82) is 0 Å². The SMILES string of the molecule is COc1ccc(F)c(F)c1C(=O)c1cnc(NC2CCN(S(=O)(=O)CCCN[C@H](C)CO)CC2)nc1N. The lowest BCUT2D eigenvalue weighted by Gasteiger charge is -2.31. The predicted molar refractivity (Wildman–Crippen MR) is 134 cm³/mol. The zero-order valence-corrected chi connectivity index (χ0v) is 21.5. The molecule has 0 amide bonds. The summed E-state index contributed by atoms with van der Waals surface area (Å²) in [5.74, 6) is -3.71. The van der Waals surface area contributed by atoms with E-state index in [1.165, 1.54) is 11.4 Å². The second kappa shape index (κ2) is 12.5. The van der Waals surface area contributed by atoms with Gasteiger partial charge in [-0.25, -0.2) is 26.5 Å². The van der Waals surface area contributed by atoms with Crippen molar-refractivity contribution in [3.8, 4) is 5.75 Å². The monoisotopic (exact) mass is 542 g/mol. The molecular weight excluding hydrogens is 510 g/mol. The van der Waals surface area contributed by atoms with E-state index in [2.05, 4.69) is 20.6 Å². The first-order chi connectivity index (χ1) is 17.6. The van der Waals surface area contributed by atoms with E-state index in [0.717, 1.165) is 18.3 Å². The number of ketones is 1. The number of nitrogens with zero attached hydrogens (tertiary/aromatic N) is 3. The van der Waals surface area contributed by atoms with Crippen LogP contribution in [-0.4, -0.2) is 84.8 Å². The second-order valence-electron chi connectivity index (χ2n) is 8.79. The molecule has 0 saturated carbocycles. The molecule has 1 aromatic carbocycles. The minimum absolute atomic E-state index is 0.0119. The summed E-state index contributed by atoms with van der Waals surface area (Å²) in [4.78, 5) is 21.0. The largest absolute Gasteiger partial charge is 0.496 e. The first-order valence-electron chi connectivity index (χ1n) is 11.8. The molecule has 1 aromatic heterocycles. The Morgan fingerprint density at radius 1 is 1.32 bits per heavy atom. The quantitative estimate of drug-likeness (QED) is 0.226. The van der Waals surface area contributed by atoms with Crippen LogP contribution in [0.2, 0.25) is 0 Å². The van der Waals surface area contributed by atoms with Crippen molar-refractivity contribution in [2.24, 2.45) is 0 Å². The van der Waals surface area contributed by atoms with Gasteiger partial charge < -0.3 is 26.2 Å². The number of nitrogens with one attached hydrogen (secondary N) is 2. The topological polar surface area (TPSA) is 160 Å². The number of methoxy groups -OCH3 is 1. The highest BCUT2D eigenvalue weighted by Gasteiger charge is 2.29. The van der Waals surface area contributed by atoms with Gasteiger partial charge in [0, 0.05) is 31.4 Å². The molecule has 1 saturated heterocycles. The van der Waals surface area contributed by atoms with Gasteiger partial charge in [0.2, 0.25) is 21.8 Å². The fourth-order valence-electron chi connectivity index (χ4n) is 3.95. The molecule has 2 aromatic rings. The summed E-state index contributed by atoms with van der Waals surface area (Å²) in [5, 5.41) is 15.1. The highest BCUT2D eigenvalue weighted by Crippen LogP contribution is 2.28. The summed E-state index contributed by atoms with van der Waals surface area (Å²) in [7, 11) is -2.17. The molecule has 1 aliphatic rings. The lowest BCUT2D eigenvalue weighted by molar-refractivity contribution is 0.103. The molecule has 2 heterocycles. The van der Waals surface area contributed by atoms with Gasteiger partial charge in [-0.05, 0) is 44.9 Å². The Bertz CT molecular complexity index is 1210. The molecule has 1 aliphatic heterocycles. The van der Waals surface area contributed by atoms with Crippen LogP contribution >= 0.6 is 0 Å². The molecule has 37 heavy (non-hydrogen) atoms. The number of aliphatic hydroxyl groups excluding tert-OH is 1. The molecule has 0 spiro atoms. The number of halogens is 2. The number of nitrogens with two attached hydrogens (primary N) is 1. The van der Waals surface area contributed by atoms with Gasteiger partial charge in [0.15, 0.2) is 11.6 Å². The van der Waals surface area contributed by atoms with E-state index in [1.54, 1.807) is 0 Å². The summed E-state index contributed by atoms with van der Waals surface area (Å²) in [6.45, 7) is 2.95. The van der Waals surface area contributed by atoms with Gasteiger partial charge in [0.25, 0.3) is 0 Å². The molecule has 1 atom stereocenters. The molecule has 11 nitrogen and oxygen atoms in total. The van der Waals surface area contributed by atoms with Gasteiger partial charge in [-0.1, -0.05) is 0 Å². The van der Waals surface area contributed by atoms with Crippen LogP contribution in [0, 0.1) is 11.6 Å². The standard InChI is InChI=1S/C23H32F2N6O5S/c1-14(13-32)27-8-3-11-37(34,35)31-9-6-15(7-10-31)29-23-28-12-16(22(26)30-23)21(33)19-18(36-2)5-4-17(24)20(19)25/h4-5,12,14-15,27,32H,3,6-11,13H2,1-2H3,(H3,26,28,29,30)/t14-/m1/s1. The molecule has 0 unspecified atom stereocenters. The molecule has 3 rings (SSSR count). The number of hydrogen-bond acceptors (Lipinski definition) is 10. The number of nitrogen functional groups attached to an aromatic ring is 1. The third kappa shape index (κ3) is 7.09. The van der Waals surface area contributed by atoms with E-state index in [4.69, 9.17) is 15.6 Å². The van der Waals surface area contributed by atoms with Crippen LogP contribution in [0.4, 0.5) is 20.5 Å². The van der Waals surface area contributed by atoms with Crippen LogP contribution in [0.15, 0.2) is 18.3 Å². The normalized spacial score (nSPS) is 15.9. The minimum Gasteiger partial charge on any atom is -0.496 e. The molecule has 14 heteroatoms. The maximum atomic E-state index is 14.3. The average molecular weight is 543 g/mol. The summed E-state index contributed by atoms with van der Waals surface area (Å²) in [6, 6.07) is 1.78. The van der Waals surface area contributed by atoms with E-state index in [-0.39, 0.29) is 47.5 Å². The van der Waals surface area contributed by atoms with E-state index in [0.29, 0.717) is 38.9 Å². The summed E-state index contributed by atoms with van der Waals surface area (Å²) in [5.41, 5.74) is 5.12. The van der Waals surface area contributed by atoms with Gasteiger partial charge in [-0.3, -0.25) is 4.79 Å². The number of aliphatic hydroxyl groups is 1. The van der Waals surface area contributed by atoms with Gasteiger partial charge in [0.1, 0.15) is 17.1 Å². The third-order valence-electron chi connectivity index (χ3n) is 6.09. The van der Waals surface area contributed by atoms with E-state index >= 15 is 0 Å². The van der Waals surface area contributed by atoms with Crippen LogP contribution in [0.25, 0.3) is 0 Å². The third-order valence-corrected chi connectivity index (χ3v) is 8.05. The van der Waals surface area contributed by atoms with Crippen molar-refractivity contribution in [3.05, 3.63) is 41.1 Å². The Labute approximate surface area is 214 Å². The Morgan fingerprint density at radius 2 is 2.03 bits per heavy atom. The number of aromatic nitrogens is 2. The molecule has 5 N–H and O–H groups in total. The molecule has 0 bridgehead atoms. The van der Waals surface area contributed by atoms with Crippen LogP contribution in [-0.2, 0) is 10.0 Å². The molecule has 0 radical (unpaired) electrons. The smallest absolute Gasteiger partial charge is 0.224 e. The fourth-order valence-corrected chi connectivity index (χ4v) is 5.48. The first kappa shape index (κ1) is 28.6. The Hall–Kier alpha value is -2.94. The lowest BCUT2D eigenvalue weighted by atomic mass is 10.0. The van der Waals surface area contributed by atoms with Crippen molar-refractivity contribution in [2.45, 2.75) is 38.3 Å². The van der Waals surface area contributed by atoms with Gasteiger partial charge in [-0.2, -0.15) is 4.98 Å². The van der Waals surface area contributed by atoms with Gasteiger partial charge >= 0.3 is 0 Å². The van der Waals surface area contributed by atoms with Crippen molar-refractivity contribution >= 4 is 27.6 Å². The zero-order chi connectivity index (χ0) is 27.2. The van der Waals surface area contributed by atoms with Crippen molar-refractivity contribution < 1.29 is 31.8 Å². The minimum atomic E-state index is -3.40. The number of ether oxygens (including phenoxy) is 1. The van der Waals surface area contributed by atoms with Crippen molar-refractivity contribution in [1.82, 2.24) is 19.6 Å². The van der Waals surface area contributed by atoms with Crippen molar-refractivity contribution in [3.63, 3.8) is 0 Å². The number of anilines is 2. The van der Waals surface area contributed by atoms with E-state index in [9.17, 15) is 22.0 Å². The maximum Gasteiger partial charge on any atom is 0.224 e. The number of rotatable bonds is 12.